The van der Waals surface area contributed by atoms with E-state index in [1.165, 1.54) is 11.1 Å². The molecule has 3 heteroatoms. The zero-order valence-corrected chi connectivity index (χ0v) is 11.0. The van der Waals surface area contributed by atoms with Crippen molar-refractivity contribution in [3.05, 3.63) is 22.6 Å². The Balaban J connectivity index is 2.90. The van der Waals surface area contributed by atoms with E-state index in [9.17, 15) is 0 Å². The van der Waals surface area contributed by atoms with Gasteiger partial charge in [-0.2, -0.15) is 0 Å². The largest absolute Gasteiger partial charge is 0.466 e. The number of hydrogen-bond donors (Lipinski definition) is 1. The highest BCUT2D eigenvalue weighted by Gasteiger charge is 2.20. The van der Waals surface area contributed by atoms with E-state index in [4.69, 9.17) is 9.15 Å². The van der Waals surface area contributed by atoms with Crippen LogP contribution in [0.5, 0.6) is 0 Å². The van der Waals surface area contributed by atoms with E-state index >= 15 is 0 Å². The fourth-order valence-electron chi connectivity index (χ4n) is 2.05. The van der Waals surface area contributed by atoms with Gasteiger partial charge in [-0.05, 0) is 39.8 Å². The first-order chi connectivity index (χ1) is 7.61. The summed E-state index contributed by atoms with van der Waals surface area (Å²) in [7, 11) is 0. The van der Waals surface area contributed by atoms with Crippen LogP contribution in [0.1, 0.15) is 42.5 Å². The van der Waals surface area contributed by atoms with Crippen molar-refractivity contribution < 1.29 is 9.15 Å². The first kappa shape index (κ1) is 13.3. The van der Waals surface area contributed by atoms with Crippen molar-refractivity contribution in [3.63, 3.8) is 0 Å². The maximum Gasteiger partial charge on any atom is 0.106 e. The number of aryl methyl sites for hydroxylation is 2. The monoisotopic (exact) mass is 225 g/mol. The molecule has 0 aliphatic carbocycles. The molecular weight excluding hydrogens is 202 g/mol. The van der Waals surface area contributed by atoms with Crippen LogP contribution in [0.15, 0.2) is 4.42 Å². The van der Waals surface area contributed by atoms with E-state index in [1.807, 2.05) is 20.8 Å². The minimum Gasteiger partial charge on any atom is -0.466 e. The highest BCUT2D eigenvalue weighted by molar-refractivity contribution is 5.34. The lowest BCUT2D eigenvalue weighted by molar-refractivity contribution is 0.123. The van der Waals surface area contributed by atoms with E-state index in [0.29, 0.717) is 6.61 Å². The van der Waals surface area contributed by atoms with Gasteiger partial charge < -0.3 is 14.5 Å². The molecule has 0 radical (unpaired) electrons. The fourth-order valence-corrected chi connectivity index (χ4v) is 2.05. The summed E-state index contributed by atoms with van der Waals surface area (Å²) in [5.74, 6) is 2.01. The topological polar surface area (TPSA) is 34.4 Å². The Labute approximate surface area is 98.2 Å². The maximum absolute atomic E-state index is 5.66. The number of hydrogen-bond acceptors (Lipinski definition) is 3. The number of rotatable bonds is 6. The van der Waals surface area contributed by atoms with Gasteiger partial charge in [-0.1, -0.05) is 6.92 Å². The third-order valence-electron chi connectivity index (χ3n) is 2.91. The van der Waals surface area contributed by atoms with Gasteiger partial charge in [0.15, 0.2) is 0 Å². The summed E-state index contributed by atoms with van der Waals surface area (Å²) < 4.78 is 11.2. The maximum atomic E-state index is 5.66. The summed E-state index contributed by atoms with van der Waals surface area (Å²) in [6.07, 6.45) is 0. The van der Waals surface area contributed by atoms with Crippen LogP contribution < -0.4 is 5.32 Å². The molecule has 1 rings (SSSR count). The van der Waals surface area contributed by atoms with Crippen molar-refractivity contribution in [2.24, 2.45) is 0 Å². The molecule has 1 aromatic rings. The molecule has 0 saturated carbocycles. The van der Waals surface area contributed by atoms with Gasteiger partial charge in [0.1, 0.15) is 11.5 Å². The molecule has 0 amide bonds. The summed E-state index contributed by atoms with van der Waals surface area (Å²) in [6, 6.07) is 0.238. The average molecular weight is 225 g/mol. The smallest absolute Gasteiger partial charge is 0.106 e. The lowest BCUT2D eigenvalue weighted by atomic mass is 10.0. The van der Waals surface area contributed by atoms with Crippen molar-refractivity contribution in [3.8, 4) is 0 Å². The van der Waals surface area contributed by atoms with Gasteiger partial charge in [0.05, 0.1) is 12.6 Å². The van der Waals surface area contributed by atoms with Gasteiger partial charge >= 0.3 is 0 Å². The molecule has 3 nitrogen and oxygen atoms in total. The van der Waals surface area contributed by atoms with Crippen molar-refractivity contribution >= 4 is 0 Å². The Morgan fingerprint density at radius 2 is 1.88 bits per heavy atom. The molecule has 16 heavy (non-hydrogen) atoms. The highest BCUT2D eigenvalue weighted by atomic mass is 16.5. The number of likely N-dealkylation sites (N-methyl/N-ethyl adjacent to an activating group) is 1. The van der Waals surface area contributed by atoms with E-state index in [2.05, 4.69) is 19.2 Å². The average Bonchev–Trinajstić information content (AvgIpc) is 2.49. The molecule has 1 N–H and O–H groups in total. The Morgan fingerprint density at radius 3 is 2.31 bits per heavy atom. The predicted octanol–water partition coefficient (Wildman–Crippen LogP) is 2.89. The Morgan fingerprint density at radius 1 is 1.19 bits per heavy atom. The van der Waals surface area contributed by atoms with Crippen LogP contribution >= 0.6 is 0 Å². The lowest BCUT2D eigenvalue weighted by Crippen LogP contribution is -2.26. The van der Waals surface area contributed by atoms with Gasteiger partial charge in [-0.15, -0.1) is 0 Å². The standard InChI is InChI=1S/C13H23NO2/c1-6-14-12(8-15-7-2)13-9(3)10(4)16-11(13)5/h12,14H,6-8H2,1-5H3. The molecule has 0 aromatic carbocycles. The van der Waals surface area contributed by atoms with Crippen LogP contribution in [0.25, 0.3) is 0 Å². The van der Waals surface area contributed by atoms with E-state index in [1.54, 1.807) is 0 Å². The molecule has 0 saturated heterocycles. The van der Waals surface area contributed by atoms with E-state index in [0.717, 1.165) is 24.7 Å². The highest BCUT2D eigenvalue weighted by Crippen LogP contribution is 2.27. The second-order valence-corrected chi connectivity index (χ2v) is 4.02. The van der Waals surface area contributed by atoms with E-state index in [-0.39, 0.29) is 6.04 Å². The zero-order chi connectivity index (χ0) is 12.1. The second-order valence-electron chi connectivity index (χ2n) is 4.02. The van der Waals surface area contributed by atoms with Gasteiger partial charge in [-0.25, -0.2) is 0 Å². The quantitative estimate of drug-likeness (QED) is 0.808. The van der Waals surface area contributed by atoms with Crippen LogP contribution in [-0.2, 0) is 4.74 Å². The summed E-state index contributed by atoms with van der Waals surface area (Å²) in [5, 5.41) is 3.44. The minimum atomic E-state index is 0.238. The molecule has 0 aliphatic rings. The Bertz CT molecular complexity index is 331. The lowest BCUT2D eigenvalue weighted by Gasteiger charge is -2.18. The van der Waals surface area contributed by atoms with Crippen molar-refractivity contribution in [2.45, 2.75) is 40.7 Å². The first-order valence-corrected chi connectivity index (χ1v) is 5.99. The Hall–Kier alpha value is -0.800. The second kappa shape index (κ2) is 6.06. The molecule has 0 bridgehead atoms. The van der Waals surface area contributed by atoms with E-state index < -0.39 is 0 Å². The molecule has 0 aliphatic heterocycles. The SMILES string of the molecule is CCNC(COCC)c1c(C)oc(C)c1C. The number of furan rings is 1. The van der Waals surface area contributed by atoms with Gasteiger partial charge in [0.2, 0.25) is 0 Å². The third-order valence-corrected chi connectivity index (χ3v) is 2.91. The third kappa shape index (κ3) is 2.86. The van der Waals surface area contributed by atoms with Crippen molar-refractivity contribution in [1.29, 1.82) is 0 Å². The molecule has 1 unspecified atom stereocenters. The fraction of sp³-hybridized carbons (Fsp3) is 0.692. The molecule has 92 valence electrons. The molecule has 1 aromatic heterocycles. The summed E-state index contributed by atoms with van der Waals surface area (Å²) in [4.78, 5) is 0. The number of ether oxygens (including phenoxy) is 1. The van der Waals surface area contributed by atoms with Crippen LogP contribution in [0.3, 0.4) is 0 Å². The molecule has 1 heterocycles. The molecule has 0 spiro atoms. The molecule has 0 fully saturated rings. The zero-order valence-electron chi connectivity index (χ0n) is 11.0. The van der Waals surface area contributed by atoms with Crippen LogP contribution in [0, 0.1) is 20.8 Å². The van der Waals surface area contributed by atoms with Crippen LogP contribution in [0.2, 0.25) is 0 Å². The molecule has 1 atom stereocenters. The number of nitrogens with one attached hydrogen (secondary N) is 1. The summed E-state index contributed by atoms with van der Waals surface area (Å²) in [6.45, 7) is 12.6. The predicted molar refractivity (Wildman–Crippen MR) is 65.8 cm³/mol. The van der Waals surface area contributed by atoms with Crippen LogP contribution in [0.4, 0.5) is 0 Å². The van der Waals surface area contributed by atoms with Gasteiger partial charge in [0.25, 0.3) is 0 Å². The normalized spacial score (nSPS) is 13.1. The Kier molecular flexibility index (Phi) is 5.03. The first-order valence-electron chi connectivity index (χ1n) is 5.99. The van der Waals surface area contributed by atoms with Crippen molar-refractivity contribution in [1.82, 2.24) is 5.32 Å². The van der Waals surface area contributed by atoms with Gasteiger partial charge in [0, 0.05) is 12.2 Å². The minimum absolute atomic E-state index is 0.238. The molecular formula is C13H23NO2. The van der Waals surface area contributed by atoms with Gasteiger partial charge in [-0.3, -0.25) is 0 Å². The van der Waals surface area contributed by atoms with Crippen LogP contribution in [-0.4, -0.2) is 19.8 Å². The summed E-state index contributed by atoms with van der Waals surface area (Å²) in [5.41, 5.74) is 2.50. The van der Waals surface area contributed by atoms with Crippen molar-refractivity contribution in [2.75, 3.05) is 19.8 Å². The summed E-state index contributed by atoms with van der Waals surface area (Å²) >= 11 is 0.